The van der Waals surface area contributed by atoms with Crippen LogP contribution in [-0.4, -0.2) is 30.7 Å². The molecule has 0 bridgehead atoms. The molecule has 1 saturated heterocycles. The van der Waals surface area contributed by atoms with Crippen molar-refractivity contribution < 1.29 is 13.2 Å². The van der Waals surface area contributed by atoms with Crippen LogP contribution in [0.5, 0.6) is 0 Å². The van der Waals surface area contributed by atoms with Gasteiger partial charge in [0.25, 0.3) is 0 Å². The second kappa shape index (κ2) is 6.36. The highest BCUT2D eigenvalue weighted by Crippen LogP contribution is 2.25. The maximum Gasteiger partial charge on any atom is 0.401 e. The van der Waals surface area contributed by atoms with Gasteiger partial charge in [0.2, 0.25) is 0 Å². The first kappa shape index (κ1) is 14.8. The van der Waals surface area contributed by atoms with Gasteiger partial charge in [0, 0.05) is 6.54 Å². The molecule has 15 heavy (non-hydrogen) atoms. The van der Waals surface area contributed by atoms with Crippen molar-refractivity contribution in [3.63, 3.8) is 0 Å². The summed E-state index contributed by atoms with van der Waals surface area (Å²) < 4.78 is 36.1. The molecule has 1 nitrogen and oxygen atoms in total. The Bertz CT molecular complexity index is 168. The Balaban J connectivity index is 0.000000921. The molecule has 0 saturated carbocycles. The number of hydrogen-bond donors (Lipinski definition) is 0. The fraction of sp³-hybridized carbons (Fsp3) is 1.00. The van der Waals surface area contributed by atoms with E-state index in [9.17, 15) is 13.2 Å². The Morgan fingerprint density at radius 2 is 1.67 bits per heavy atom. The van der Waals surface area contributed by atoms with E-state index in [-0.39, 0.29) is 0 Å². The van der Waals surface area contributed by atoms with E-state index in [2.05, 4.69) is 6.92 Å². The molecule has 92 valence electrons. The number of halogens is 3. The summed E-state index contributed by atoms with van der Waals surface area (Å²) >= 11 is 0. The molecule has 0 aromatic rings. The first-order chi connectivity index (χ1) is 6.88. The number of nitrogens with zero attached hydrogens (tertiary/aromatic N) is 1. The summed E-state index contributed by atoms with van der Waals surface area (Å²) in [6.45, 7) is 8.55. The number of hydrogen-bond acceptors (Lipinski definition) is 1. The second-order valence-corrected chi connectivity index (χ2v) is 4.09. The van der Waals surface area contributed by atoms with E-state index in [0.29, 0.717) is 24.9 Å². The van der Waals surface area contributed by atoms with Crippen molar-refractivity contribution in [3.05, 3.63) is 0 Å². The van der Waals surface area contributed by atoms with E-state index in [1.807, 2.05) is 20.8 Å². The van der Waals surface area contributed by atoms with Crippen molar-refractivity contribution >= 4 is 0 Å². The summed E-state index contributed by atoms with van der Waals surface area (Å²) in [6, 6.07) is 0. The Kier molecular flexibility index (Phi) is 6.25. The normalized spacial score (nSPS) is 28.2. The number of alkyl halides is 3. The maximum atomic E-state index is 12.0. The van der Waals surface area contributed by atoms with Gasteiger partial charge >= 0.3 is 6.18 Å². The van der Waals surface area contributed by atoms with Gasteiger partial charge in [0.1, 0.15) is 0 Å². The van der Waals surface area contributed by atoms with Crippen LogP contribution in [0.15, 0.2) is 0 Å². The fourth-order valence-corrected chi connectivity index (χ4v) is 1.75. The molecule has 4 heteroatoms. The molecule has 0 aromatic carbocycles. The van der Waals surface area contributed by atoms with Gasteiger partial charge in [0.15, 0.2) is 0 Å². The molecule has 0 radical (unpaired) electrons. The monoisotopic (exact) mass is 225 g/mol. The molecular formula is C11H22F3N. The molecule has 0 spiro atoms. The Morgan fingerprint density at radius 1 is 1.13 bits per heavy atom. The third-order valence-electron chi connectivity index (χ3n) is 2.82. The van der Waals surface area contributed by atoms with Crippen LogP contribution in [0, 0.1) is 11.8 Å². The minimum Gasteiger partial charge on any atom is -0.295 e. The van der Waals surface area contributed by atoms with Gasteiger partial charge in [-0.1, -0.05) is 27.7 Å². The van der Waals surface area contributed by atoms with Crippen LogP contribution in [0.2, 0.25) is 0 Å². The molecule has 1 rings (SSSR count). The number of likely N-dealkylation sites (tertiary alicyclic amines) is 1. The zero-order chi connectivity index (χ0) is 12.1. The van der Waals surface area contributed by atoms with Crippen molar-refractivity contribution in [1.29, 1.82) is 0 Å². The molecule has 0 aromatic heterocycles. The Hall–Kier alpha value is -0.250. The summed E-state index contributed by atoms with van der Waals surface area (Å²) in [6.07, 6.45) is -3.16. The lowest BCUT2D eigenvalue weighted by atomic mass is 9.89. The minimum atomic E-state index is -4.04. The largest absolute Gasteiger partial charge is 0.401 e. The minimum absolute atomic E-state index is 0.385. The Labute approximate surface area is 90.6 Å². The predicted molar refractivity (Wildman–Crippen MR) is 56.8 cm³/mol. The van der Waals surface area contributed by atoms with Crippen LogP contribution >= 0.6 is 0 Å². The third-order valence-corrected chi connectivity index (χ3v) is 2.82. The third kappa shape index (κ3) is 6.03. The van der Waals surface area contributed by atoms with E-state index in [4.69, 9.17) is 0 Å². The van der Waals surface area contributed by atoms with E-state index >= 15 is 0 Å². The van der Waals surface area contributed by atoms with Gasteiger partial charge in [0.05, 0.1) is 6.54 Å². The van der Waals surface area contributed by atoms with Gasteiger partial charge in [-0.15, -0.1) is 0 Å². The van der Waals surface area contributed by atoms with E-state index in [1.54, 1.807) is 0 Å². The standard InChI is InChI=1S/C9H16F3N.C2H6/c1-7-3-4-13(5-8(7)2)6-9(10,11)12;1-2/h7-8H,3-6H2,1-2H3;1-2H3. The molecule has 1 fully saturated rings. The Morgan fingerprint density at radius 3 is 2.07 bits per heavy atom. The number of rotatable bonds is 1. The van der Waals surface area contributed by atoms with Crippen LogP contribution in [-0.2, 0) is 0 Å². The zero-order valence-electron chi connectivity index (χ0n) is 10.1. The molecule has 2 atom stereocenters. The van der Waals surface area contributed by atoms with Crippen LogP contribution in [0.1, 0.15) is 34.1 Å². The highest BCUT2D eigenvalue weighted by atomic mass is 19.4. The predicted octanol–water partition coefficient (Wildman–Crippen LogP) is 3.55. The van der Waals surface area contributed by atoms with E-state index in [1.165, 1.54) is 4.90 Å². The molecule has 0 N–H and O–H groups in total. The first-order valence-electron chi connectivity index (χ1n) is 5.67. The molecule has 1 aliphatic heterocycles. The van der Waals surface area contributed by atoms with Gasteiger partial charge in [-0.05, 0) is 24.8 Å². The van der Waals surface area contributed by atoms with Gasteiger partial charge < -0.3 is 0 Å². The summed E-state index contributed by atoms with van der Waals surface area (Å²) in [5.41, 5.74) is 0. The summed E-state index contributed by atoms with van der Waals surface area (Å²) in [5, 5.41) is 0. The van der Waals surface area contributed by atoms with Gasteiger partial charge in [-0.2, -0.15) is 13.2 Å². The summed E-state index contributed by atoms with van der Waals surface area (Å²) in [7, 11) is 0. The van der Waals surface area contributed by atoms with Crippen molar-refractivity contribution in [3.8, 4) is 0 Å². The van der Waals surface area contributed by atoms with Gasteiger partial charge in [-0.25, -0.2) is 0 Å². The lowest BCUT2D eigenvalue weighted by Crippen LogP contribution is -2.43. The zero-order valence-corrected chi connectivity index (χ0v) is 10.1. The molecule has 1 aliphatic rings. The quantitative estimate of drug-likeness (QED) is 0.659. The van der Waals surface area contributed by atoms with E-state index in [0.717, 1.165) is 6.42 Å². The molecule has 1 heterocycles. The van der Waals surface area contributed by atoms with Crippen molar-refractivity contribution in [2.45, 2.75) is 40.3 Å². The maximum absolute atomic E-state index is 12.0. The van der Waals surface area contributed by atoms with Crippen molar-refractivity contribution in [1.82, 2.24) is 4.90 Å². The lowest BCUT2D eigenvalue weighted by molar-refractivity contribution is -0.150. The van der Waals surface area contributed by atoms with Crippen LogP contribution in [0.3, 0.4) is 0 Å². The lowest BCUT2D eigenvalue weighted by Gasteiger charge is -2.35. The van der Waals surface area contributed by atoms with Crippen molar-refractivity contribution in [2.24, 2.45) is 11.8 Å². The SMILES string of the molecule is CC.CC1CCN(CC(F)(F)F)CC1C. The number of piperidine rings is 1. The molecule has 0 aliphatic carbocycles. The average molecular weight is 225 g/mol. The highest BCUT2D eigenvalue weighted by Gasteiger charge is 2.33. The second-order valence-electron chi connectivity index (χ2n) is 4.09. The highest BCUT2D eigenvalue weighted by molar-refractivity contribution is 4.76. The topological polar surface area (TPSA) is 3.24 Å². The molecule has 0 amide bonds. The van der Waals surface area contributed by atoms with Gasteiger partial charge in [-0.3, -0.25) is 4.90 Å². The average Bonchev–Trinajstić information content (AvgIpc) is 2.12. The first-order valence-corrected chi connectivity index (χ1v) is 5.67. The van der Waals surface area contributed by atoms with Crippen molar-refractivity contribution in [2.75, 3.05) is 19.6 Å². The molecular weight excluding hydrogens is 203 g/mol. The van der Waals surface area contributed by atoms with Crippen LogP contribution in [0.25, 0.3) is 0 Å². The van der Waals surface area contributed by atoms with Crippen LogP contribution in [0.4, 0.5) is 13.2 Å². The summed E-state index contributed by atoms with van der Waals surface area (Å²) in [5.74, 6) is 0.945. The summed E-state index contributed by atoms with van der Waals surface area (Å²) in [4.78, 5) is 1.50. The van der Waals surface area contributed by atoms with E-state index < -0.39 is 12.7 Å². The smallest absolute Gasteiger partial charge is 0.295 e. The van der Waals surface area contributed by atoms with Crippen LogP contribution < -0.4 is 0 Å². The molecule has 2 unspecified atom stereocenters. The fourth-order valence-electron chi connectivity index (χ4n) is 1.75.